The van der Waals surface area contributed by atoms with Gasteiger partial charge < -0.3 is 0 Å². The van der Waals surface area contributed by atoms with Crippen LogP contribution in [0.2, 0.25) is 5.32 Å². The Morgan fingerprint density at radius 3 is 2.44 bits per heavy atom. The van der Waals surface area contributed by atoms with Crippen LogP contribution in [0.3, 0.4) is 0 Å². The molecular formula is C13H16NO2SSe. The molecule has 0 atom stereocenters. The molecule has 0 saturated heterocycles. The van der Waals surface area contributed by atoms with E-state index in [4.69, 9.17) is 0 Å². The maximum absolute atomic E-state index is 11.6. The molecule has 0 aliphatic heterocycles. The van der Waals surface area contributed by atoms with E-state index >= 15 is 0 Å². The van der Waals surface area contributed by atoms with Gasteiger partial charge in [0.2, 0.25) is 0 Å². The SMILES string of the molecule is CSCCC(=O)Nc1ccc(C(=O)CC[Se])cc1. The molecule has 1 N–H and O–H groups in total. The van der Waals surface area contributed by atoms with Crippen molar-refractivity contribution < 1.29 is 9.59 Å². The first-order valence-electron chi connectivity index (χ1n) is 5.67. The van der Waals surface area contributed by atoms with Crippen LogP contribution in [-0.2, 0) is 4.79 Å². The van der Waals surface area contributed by atoms with Crippen molar-refractivity contribution in [3.05, 3.63) is 29.8 Å². The molecule has 1 radical (unpaired) electrons. The molecule has 0 unspecified atom stereocenters. The van der Waals surface area contributed by atoms with Crippen molar-refractivity contribution in [2.24, 2.45) is 0 Å². The Morgan fingerprint density at radius 1 is 1.22 bits per heavy atom. The number of Topliss-reactive ketones (excluding diaryl/α,β-unsaturated/α-hetero) is 1. The van der Waals surface area contributed by atoms with E-state index in [2.05, 4.69) is 21.3 Å². The zero-order valence-corrected chi connectivity index (χ0v) is 12.8. The normalized spacial score (nSPS) is 10.1. The Balaban J connectivity index is 2.55. The van der Waals surface area contributed by atoms with Crippen molar-refractivity contribution >= 4 is 45.2 Å². The van der Waals surface area contributed by atoms with Gasteiger partial charge in [0.25, 0.3) is 0 Å². The summed E-state index contributed by atoms with van der Waals surface area (Å²) >= 11 is 4.46. The average Bonchev–Trinajstić information content (AvgIpc) is 2.37. The van der Waals surface area contributed by atoms with E-state index in [1.54, 1.807) is 36.0 Å². The summed E-state index contributed by atoms with van der Waals surface area (Å²) in [5.74, 6) is 0.940. The Morgan fingerprint density at radius 2 is 1.89 bits per heavy atom. The number of ketones is 1. The second-order valence-corrected chi connectivity index (χ2v) is 5.59. The molecule has 0 saturated carbocycles. The summed E-state index contributed by atoms with van der Waals surface area (Å²) in [6, 6.07) is 7.04. The molecular weight excluding hydrogens is 313 g/mol. The van der Waals surface area contributed by atoms with Crippen molar-refractivity contribution in [3.63, 3.8) is 0 Å². The Kier molecular flexibility index (Phi) is 7.09. The predicted octanol–water partition coefficient (Wildman–Crippen LogP) is 2.54. The first kappa shape index (κ1) is 15.3. The number of hydrogen-bond acceptors (Lipinski definition) is 3. The predicted molar refractivity (Wildman–Crippen MR) is 77.6 cm³/mol. The summed E-state index contributed by atoms with van der Waals surface area (Å²) in [6.07, 6.45) is 2.99. The molecule has 0 aliphatic carbocycles. The maximum atomic E-state index is 11.6. The monoisotopic (exact) mass is 330 g/mol. The topological polar surface area (TPSA) is 46.2 Å². The van der Waals surface area contributed by atoms with Gasteiger partial charge in [-0.15, -0.1) is 0 Å². The molecule has 18 heavy (non-hydrogen) atoms. The molecule has 0 bridgehead atoms. The minimum absolute atomic E-state index is 0.00610. The Labute approximate surface area is 120 Å². The molecule has 5 heteroatoms. The third-order valence-electron chi connectivity index (χ3n) is 2.35. The zero-order valence-electron chi connectivity index (χ0n) is 10.3. The number of nitrogens with one attached hydrogen (secondary N) is 1. The molecule has 3 nitrogen and oxygen atoms in total. The van der Waals surface area contributed by atoms with Gasteiger partial charge in [-0.2, -0.15) is 0 Å². The number of hydrogen-bond donors (Lipinski definition) is 1. The van der Waals surface area contributed by atoms with Crippen LogP contribution in [0.1, 0.15) is 23.2 Å². The molecule has 1 aromatic carbocycles. The van der Waals surface area contributed by atoms with Gasteiger partial charge >= 0.3 is 114 Å². The van der Waals surface area contributed by atoms with Gasteiger partial charge in [0.05, 0.1) is 0 Å². The third kappa shape index (κ3) is 5.25. The van der Waals surface area contributed by atoms with E-state index in [9.17, 15) is 9.59 Å². The molecule has 1 amide bonds. The van der Waals surface area contributed by atoms with Gasteiger partial charge in [-0.05, 0) is 6.26 Å². The quantitative estimate of drug-likeness (QED) is 0.618. The van der Waals surface area contributed by atoms with Crippen LogP contribution in [0, 0.1) is 0 Å². The van der Waals surface area contributed by atoms with E-state index in [0.717, 1.165) is 16.8 Å². The second kappa shape index (κ2) is 8.35. The van der Waals surface area contributed by atoms with E-state index < -0.39 is 0 Å². The number of amides is 1. The molecule has 0 spiro atoms. The fraction of sp³-hybridized carbons (Fsp3) is 0.385. The fourth-order valence-corrected chi connectivity index (χ4v) is 2.17. The molecule has 1 rings (SSSR count). The molecule has 0 aliphatic rings. The van der Waals surface area contributed by atoms with Crippen LogP contribution in [0.4, 0.5) is 5.69 Å². The van der Waals surface area contributed by atoms with Crippen molar-refractivity contribution in [1.82, 2.24) is 0 Å². The van der Waals surface area contributed by atoms with Gasteiger partial charge in [-0.25, -0.2) is 0 Å². The van der Waals surface area contributed by atoms with Crippen LogP contribution in [0.25, 0.3) is 0 Å². The standard InChI is InChI=1S/C13H16NO2SSe/c1-17-8-6-13(16)14-11-4-2-10(3-5-11)12(15)7-9-18/h2-5H,6-9H2,1H3,(H,14,16). The third-order valence-corrected chi connectivity index (χ3v) is 3.39. The van der Waals surface area contributed by atoms with Gasteiger partial charge in [0.15, 0.2) is 0 Å². The first-order chi connectivity index (χ1) is 8.67. The summed E-state index contributed by atoms with van der Waals surface area (Å²) in [6.45, 7) is 0. The molecule has 0 aromatic heterocycles. The minimum atomic E-state index is 0.00610. The molecule has 97 valence electrons. The number of thioether (sulfide) groups is 1. The molecule has 1 aromatic rings. The van der Waals surface area contributed by atoms with Crippen molar-refractivity contribution in [3.8, 4) is 0 Å². The Hall–Kier alpha value is -0.771. The summed E-state index contributed by atoms with van der Waals surface area (Å²) in [4.78, 5) is 23.1. The number of rotatable bonds is 7. The average molecular weight is 329 g/mol. The van der Waals surface area contributed by atoms with Crippen molar-refractivity contribution in [1.29, 1.82) is 0 Å². The fourth-order valence-electron chi connectivity index (χ4n) is 1.39. The van der Waals surface area contributed by atoms with E-state index in [1.807, 2.05) is 6.26 Å². The summed E-state index contributed by atoms with van der Waals surface area (Å²) < 4.78 is 0. The number of anilines is 1. The van der Waals surface area contributed by atoms with Crippen molar-refractivity contribution in [2.75, 3.05) is 17.3 Å². The van der Waals surface area contributed by atoms with Crippen molar-refractivity contribution in [2.45, 2.75) is 18.2 Å². The van der Waals surface area contributed by atoms with E-state index in [0.29, 0.717) is 18.4 Å². The van der Waals surface area contributed by atoms with E-state index in [1.165, 1.54) is 0 Å². The summed E-state index contributed by atoms with van der Waals surface area (Å²) in [5, 5.41) is 3.53. The van der Waals surface area contributed by atoms with Crippen LogP contribution >= 0.6 is 11.8 Å². The number of carbonyl (C=O) groups excluding carboxylic acids is 2. The van der Waals surface area contributed by atoms with Crippen LogP contribution in [-0.4, -0.2) is 39.7 Å². The van der Waals surface area contributed by atoms with Gasteiger partial charge in [-0.3, -0.25) is 0 Å². The van der Waals surface area contributed by atoms with Crippen LogP contribution in [0.15, 0.2) is 24.3 Å². The Bertz CT molecular complexity index is 406. The molecule has 0 fully saturated rings. The summed E-state index contributed by atoms with van der Waals surface area (Å²) in [7, 11) is 0. The first-order valence-corrected chi connectivity index (χ1v) is 8.28. The zero-order chi connectivity index (χ0) is 13.4. The van der Waals surface area contributed by atoms with Crippen LogP contribution < -0.4 is 5.32 Å². The van der Waals surface area contributed by atoms with Gasteiger partial charge in [0.1, 0.15) is 0 Å². The van der Waals surface area contributed by atoms with Gasteiger partial charge in [-0.1, -0.05) is 0 Å². The second-order valence-electron chi connectivity index (χ2n) is 3.75. The molecule has 0 heterocycles. The number of benzene rings is 1. The van der Waals surface area contributed by atoms with E-state index in [-0.39, 0.29) is 11.7 Å². The summed E-state index contributed by atoms with van der Waals surface area (Å²) in [5.41, 5.74) is 1.42. The van der Waals surface area contributed by atoms with Crippen LogP contribution in [0.5, 0.6) is 0 Å². The van der Waals surface area contributed by atoms with Gasteiger partial charge in [0, 0.05) is 0 Å². The number of carbonyl (C=O) groups is 2.